The van der Waals surface area contributed by atoms with Gasteiger partial charge in [-0.05, 0) is 37.9 Å². The van der Waals surface area contributed by atoms with Gasteiger partial charge < -0.3 is 14.8 Å². The van der Waals surface area contributed by atoms with Crippen molar-refractivity contribution in [3.63, 3.8) is 0 Å². The molecule has 1 aliphatic rings. The fourth-order valence-electron chi connectivity index (χ4n) is 3.50. The summed E-state index contributed by atoms with van der Waals surface area (Å²) in [4.78, 5) is 17.0. The van der Waals surface area contributed by atoms with Crippen LogP contribution in [0.5, 0.6) is 0 Å². The number of nitrogens with zero attached hydrogens (tertiary/aromatic N) is 4. The van der Waals surface area contributed by atoms with Gasteiger partial charge in [-0.2, -0.15) is 0 Å². The summed E-state index contributed by atoms with van der Waals surface area (Å²) in [6.45, 7) is 8.22. The van der Waals surface area contributed by atoms with Crippen molar-refractivity contribution in [3.05, 3.63) is 18.6 Å². The van der Waals surface area contributed by atoms with Crippen LogP contribution in [0.3, 0.4) is 0 Å². The maximum absolute atomic E-state index is 4.55. The van der Waals surface area contributed by atoms with E-state index in [1.807, 2.05) is 6.20 Å². The number of H-pyrrole nitrogens is 1. The molecule has 22 heavy (non-hydrogen) atoms. The smallest absolute Gasteiger partial charge is 0.142 e. The first-order valence-corrected chi connectivity index (χ1v) is 8.44. The summed E-state index contributed by atoms with van der Waals surface area (Å²) in [5.41, 5.74) is 0.920. The number of likely N-dealkylation sites (N-methyl/N-ethyl adjacent to an activating group) is 1. The van der Waals surface area contributed by atoms with E-state index in [1.165, 1.54) is 32.4 Å². The van der Waals surface area contributed by atoms with Crippen LogP contribution in [0.2, 0.25) is 0 Å². The number of anilines is 1. The SMILES string of the molecule is CCCCN1CCC(C)C(N(C)c2ncnc3[nH]ccc23)C1. The number of hydrogen-bond donors (Lipinski definition) is 1. The number of aromatic nitrogens is 3. The summed E-state index contributed by atoms with van der Waals surface area (Å²) >= 11 is 0. The lowest BCUT2D eigenvalue weighted by Gasteiger charge is -2.42. The van der Waals surface area contributed by atoms with Crippen molar-refractivity contribution in [3.8, 4) is 0 Å². The molecular formula is C17H27N5. The second-order valence-electron chi connectivity index (χ2n) is 6.54. The predicted molar refractivity (Wildman–Crippen MR) is 91.2 cm³/mol. The molecule has 2 unspecified atom stereocenters. The first kappa shape index (κ1) is 15.3. The van der Waals surface area contributed by atoms with Crippen LogP contribution in [0.25, 0.3) is 11.0 Å². The Morgan fingerprint density at radius 2 is 2.27 bits per heavy atom. The summed E-state index contributed by atoms with van der Waals surface area (Å²) in [5, 5.41) is 1.11. The van der Waals surface area contributed by atoms with Crippen molar-refractivity contribution in [1.82, 2.24) is 19.9 Å². The fourth-order valence-corrected chi connectivity index (χ4v) is 3.50. The normalized spacial score (nSPS) is 23.0. The summed E-state index contributed by atoms with van der Waals surface area (Å²) < 4.78 is 0. The highest BCUT2D eigenvalue weighted by molar-refractivity contribution is 5.87. The zero-order valence-electron chi connectivity index (χ0n) is 13.9. The van der Waals surface area contributed by atoms with E-state index in [4.69, 9.17) is 0 Å². The second-order valence-corrected chi connectivity index (χ2v) is 6.54. The molecule has 3 heterocycles. The molecule has 5 nitrogen and oxygen atoms in total. The van der Waals surface area contributed by atoms with E-state index in [2.05, 4.69) is 51.7 Å². The monoisotopic (exact) mass is 301 g/mol. The van der Waals surface area contributed by atoms with Crippen LogP contribution in [0.4, 0.5) is 5.82 Å². The maximum atomic E-state index is 4.55. The minimum absolute atomic E-state index is 0.513. The third-order valence-electron chi connectivity index (χ3n) is 5.00. The number of hydrogen-bond acceptors (Lipinski definition) is 4. The van der Waals surface area contributed by atoms with Crippen molar-refractivity contribution in [1.29, 1.82) is 0 Å². The number of unbranched alkanes of at least 4 members (excludes halogenated alkanes) is 1. The Labute approximate surface area is 132 Å². The minimum Gasteiger partial charge on any atom is -0.354 e. The molecule has 2 aromatic heterocycles. The number of fused-ring (bicyclic) bond motifs is 1. The molecule has 3 rings (SSSR count). The standard InChI is InChI=1S/C17H27N5/c1-4-5-9-22-10-7-13(2)15(11-22)21(3)17-14-6-8-18-16(14)19-12-20-17/h6,8,12-13,15H,4-5,7,9-11H2,1-3H3,(H,18,19,20). The highest BCUT2D eigenvalue weighted by Gasteiger charge is 2.30. The first-order valence-electron chi connectivity index (χ1n) is 8.44. The number of piperidine rings is 1. The molecule has 2 aromatic rings. The molecule has 0 aromatic carbocycles. The Balaban J connectivity index is 1.80. The van der Waals surface area contributed by atoms with Gasteiger partial charge in [-0.15, -0.1) is 0 Å². The van der Waals surface area contributed by atoms with E-state index in [9.17, 15) is 0 Å². The van der Waals surface area contributed by atoms with E-state index < -0.39 is 0 Å². The van der Waals surface area contributed by atoms with Gasteiger partial charge in [0.15, 0.2) is 0 Å². The van der Waals surface area contributed by atoms with Crippen LogP contribution < -0.4 is 4.90 Å². The molecule has 0 amide bonds. The lowest BCUT2D eigenvalue weighted by Crippen LogP contribution is -2.51. The number of aromatic amines is 1. The Bertz CT molecular complexity index is 606. The molecule has 5 heteroatoms. The average molecular weight is 301 g/mol. The van der Waals surface area contributed by atoms with Gasteiger partial charge in [0.1, 0.15) is 17.8 Å². The summed E-state index contributed by atoms with van der Waals surface area (Å²) in [6.07, 6.45) is 7.42. The molecule has 1 saturated heterocycles. The summed E-state index contributed by atoms with van der Waals surface area (Å²) in [6, 6.07) is 2.59. The molecule has 1 fully saturated rings. The second kappa shape index (κ2) is 6.65. The minimum atomic E-state index is 0.513. The number of rotatable bonds is 5. The van der Waals surface area contributed by atoms with Crippen LogP contribution in [-0.2, 0) is 0 Å². The number of nitrogens with one attached hydrogen (secondary N) is 1. The van der Waals surface area contributed by atoms with Gasteiger partial charge in [-0.25, -0.2) is 9.97 Å². The van der Waals surface area contributed by atoms with Gasteiger partial charge in [0.2, 0.25) is 0 Å². The predicted octanol–water partition coefficient (Wildman–Crippen LogP) is 2.90. The zero-order valence-corrected chi connectivity index (χ0v) is 13.9. The quantitative estimate of drug-likeness (QED) is 0.922. The molecule has 0 aliphatic carbocycles. The van der Waals surface area contributed by atoms with E-state index >= 15 is 0 Å². The highest BCUT2D eigenvalue weighted by atomic mass is 15.3. The van der Waals surface area contributed by atoms with Crippen molar-refractivity contribution in [2.75, 3.05) is 31.6 Å². The Morgan fingerprint density at radius 1 is 1.41 bits per heavy atom. The van der Waals surface area contributed by atoms with Gasteiger partial charge in [-0.1, -0.05) is 20.3 Å². The molecule has 2 atom stereocenters. The van der Waals surface area contributed by atoms with E-state index in [1.54, 1.807) is 6.33 Å². The molecule has 1 N–H and O–H groups in total. The molecule has 1 aliphatic heterocycles. The van der Waals surface area contributed by atoms with Crippen LogP contribution in [0.15, 0.2) is 18.6 Å². The summed E-state index contributed by atoms with van der Waals surface area (Å²) in [5.74, 6) is 1.73. The van der Waals surface area contributed by atoms with Gasteiger partial charge in [0.05, 0.1) is 5.39 Å². The van der Waals surface area contributed by atoms with E-state index in [-0.39, 0.29) is 0 Å². The first-order chi connectivity index (χ1) is 10.7. The van der Waals surface area contributed by atoms with Crippen LogP contribution in [0.1, 0.15) is 33.1 Å². The lowest BCUT2D eigenvalue weighted by atomic mass is 9.92. The third-order valence-corrected chi connectivity index (χ3v) is 5.00. The topological polar surface area (TPSA) is 48.1 Å². The van der Waals surface area contributed by atoms with Crippen molar-refractivity contribution in [2.45, 2.75) is 39.2 Å². The highest BCUT2D eigenvalue weighted by Crippen LogP contribution is 2.28. The number of likely N-dealkylation sites (tertiary alicyclic amines) is 1. The lowest BCUT2D eigenvalue weighted by molar-refractivity contribution is 0.164. The fraction of sp³-hybridized carbons (Fsp3) is 0.647. The largest absolute Gasteiger partial charge is 0.354 e. The van der Waals surface area contributed by atoms with Gasteiger partial charge in [-0.3, -0.25) is 0 Å². The zero-order chi connectivity index (χ0) is 15.5. The molecule has 0 spiro atoms. The van der Waals surface area contributed by atoms with E-state index in [0.29, 0.717) is 12.0 Å². The van der Waals surface area contributed by atoms with Crippen molar-refractivity contribution >= 4 is 16.9 Å². The van der Waals surface area contributed by atoms with Crippen LogP contribution >= 0.6 is 0 Å². The Kier molecular flexibility index (Phi) is 4.62. The van der Waals surface area contributed by atoms with Crippen LogP contribution in [-0.4, -0.2) is 52.6 Å². The Morgan fingerprint density at radius 3 is 3.09 bits per heavy atom. The third kappa shape index (κ3) is 2.95. The Hall–Kier alpha value is -1.62. The van der Waals surface area contributed by atoms with Gasteiger partial charge in [0.25, 0.3) is 0 Å². The van der Waals surface area contributed by atoms with Crippen molar-refractivity contribution in [2.24, 2.45) is 5.92 Å². The van der Waals surface area contributed by atoms with Gasteiger partial charge in [0, 0.05) is 25.8 Å². The van der Waals surface area contributed by atoms with E-state index in [0.717, 1.165) is 23.4 Å². The van der Waals surface area contributed by atoms with Crippen LogP contribution in [0, 0.1) is 5.92 Å². The average Bonchev–Trinajstić information content (AvgIpc) is 3.02. The molecule has 0 saturated carbocycles. The molecule has 120 valence electrons. The maximum Gasteiger partial charge on any atom is 0.142 e. The molecule has 0 bridgehead atoms. The molecular weight excluding hydrogens is 274 g/mol. The molecule has 0 radical (unpaired) electrons. The van der Waals surface area contributed by atoms with Gasteiger partial charge >= 0.3 is 0 Å². The summed E-state index contributed by atoms with van der Waals surface area (Å²) in [7, 11) is 2.18. The van der Waals surface area contributed by atoms with Crippen molar-refractivity contribution < 1.29 is 0 Å².